The van der Waals surface area contributed by atoms with E-state index in [-0.39, 0.29) is 23.2 Å². The van der Waals surface area contributed by atoms with E-state index in [1.54, 1.807) is 18.2 Å². The molecule has 0 saturated carbocycles. The van der Waals surface area contributed by atoms with E-state index < -0.39 is 18.3 Å². The third-order valence-electron chi connectivity index (χ3n) is 4.42. The predicted octanol–water partition coefficient (Wildman–Crippen LogP) is 3.20. The number of hydrogen-bond donors (Lipinski definition) is 2. The van der Waals surface area contributed by atoms with Crippen LogP contribution in [0.15, 0.2) is 23.7 Å². The van der Waals surface area contributed by atoms with Gasteiger partial charge in [-0.15, -0.1) is 0 Å². The Morgan fingerprint density at radius 1 is 1.29 bits per heavy atom. The lowest BCUT2D eigenvalue weighted by Gasteiger charge is -2.32. The lowest BCUT2D eigenvalue weighted by Crippen LogP contribution is -2.41. The van der Waals surface area contributed by atoms with Gasteiger partial charge in [0.25, 0.3) is 0 Å². The third kappa shape index (κ3) is 4.12. The van der Waals surface area contributed by atoms with E-state index in [4.69, 9.17) is 20.9 Å². The molecule has 7 heteroatoms. The molecule has 2 rings (SSSR count). The number of aromatic hydroxyl groups is 1. The van der Waals surface area contributed by atoms with Gasteiger partial charge in [-0.1, -0.05) is 23.7 Å². The maximum Gasteiger partial charge on any atom is 0.492 e. The van der Waals surface area contributed by atoms with Crippen LogP contribution in [0.1, 0.15) is 40.2 Å². The first-order valence-corrected chi connectivity index (χ1v) is 8.19. The second-order valence-electron chi connectivity index (χ2n) is 6.93. The number of nitrogens with one attached hydrogen (secondary N) is 1. The van der Waals surface area contributed by atoms with E-state index in [9.17, 15) is 9.90 Å². The molecule has 0 radical (unpaired) electrons. The van der Waals surface area contributed by atoms with Gasteiger partial charge in [-0.05, 0) is 50.9 Å². The molecule has 1 aromatic carbocycles. The van der Waals surface area contributed by atoms with Gasteiger partial charge in [-0.2, -0.15) is 0 Å². The average Bonchev–Trinajstić information content (AvgIpc) is 2.67. The van der Waals surface area contributed by atoms with Gasteiger partial charge in [-0.25, -0.2) is 0 Å². The van der Waals surface area contributed by atoms with Crippen molar-refractivity contribution in [2.75, 3.05) is 6.54 Å². The lowest BCUT2D eigenvalue weighted by atomic mass is 9.77. The number of rotatable bonds is 4. The molecule has 1 heterocycles. The average molecular weight is 352 g/mol. The Hall–Kier alpha value is -1.50. The van der Waals surface area contributed by atoms with Crippen molar-refractivity contribution in [2.45, 2.75) is 45.8 Å². The van der Waals surface area contributed by atoms with Crippen LogP contribution in [0.4, 0.5) is 0 Å². The number of halogens is 1. The second kappa shape index (κ2) is 6.79. The summed E-state index contributed by atoms with van der Waals surface area (Å²) in [5.41, 5.74) is 0.544. The van der Waals surface area contributed by atoms with Crippen molar-refractivity contribution < 1.29 is 19.2 Å². The minimum atomic E-state index is -0.584. The number of carbonyl (C=O) groups excluding carboxylic acids is 1. The van der Waals surface area contributed by atoms with Gasteiger partial charge in [-0.3, -0.25) is 4.79 Å². The molecule has 1 aromatic rings. The van der Waals surface area contributed by atoms with Crippen LogP contribution >= 0.6 is 11.6 Å². The predicted molar refractivity (Wildman–Crippen MR) is 95.9 cm³/mol. The quantitative estimate of drug-likeness (QED) is 0.818. The molecule has 1 aliphatic rings. The Morgan fingerprint density at radius 3 is 2.38 bits per heavy atom. The topological polar surface area (TPSA) is 67.8 Å². The molecule has 1 fully saturated rings. The number of benzene rings is 1. The Bertz CT molecular complexity index is 657. The van der Waals surface area contributed by atoms with Crippen LogP contribution in [0.3, 0.4) is 0 Å². The van der Waals surface area contributed by atoms with E-state index >= 15 is 0 Å². The summed E-state index contributed by atoms with van der Waals surface area (Å²) in [6.45, 7) is 9.62. The van der Waals surface area contributed by atoms with Crippen LogP contribution in [-0.4, -0.2) is 35.9 Å². The van der Waals surface area contributed by atoms with Crippen molar-refractivity contribution in [1.82, 2.24) is 5.32 Å². The van der Waals surface area contributed by atoms with E-state index in [0.29, 0.717) is 0 Å². The summed E-state index contributed by atoms with van der Waals surface area (Å²) in [5, 5.41) is 12.8. The second-order valence-corrected chi connectivity index (χ2v) is 7.34. The summed E-state index contributed by atoms with van der Waals surface area (Å²) in [6.07, 6.45) is 1.83. The molecule has 1 saturated heterocycles. The molecule has 2 N–H and O–H groups in total. The van der Waals surface area contributed by atoms with E-state index in [1.807, 2.05) is 33.8 Å². The van der Waals surface area contributed by atoms with Crippen LogP contribution in [0.2, 0.25) is 5.02 Å². The molecule has 1 amide bonds. The minimum absolute atomic E-state index is 0.00166. The maximum atomic E-state index is 11.3. The first-order chi connectivity index (χ1) is 11.0. The molecule has 5 nitrogen and oxygen atoms in total. The summed E-state index contributed by atoms with van der Waals surface area (Å²) >= 11 is 5.84. The summed E-state index contributed by atoms with van der Waals surface area (Å²) in [7, 11) is -0.584. The normalized spacial score (nSPS) is 19.4. The molecule has 0 spiro atoms. The van der Waals surface area contributed by atoms with Gasteiger partial charge in [0, 0.05) is 13.5 Å². The number of phenolic OH excluding ortho intramolecular Hbond substituents is 1. The zero-order valence-electron chi connectivity index (χ0n) is 14.6. The van der Waals surface area contributed by atoms with Crippen molar-refractivity contribution in [1.29, 1.82) is 0 Å². The highest BCUT2D eigenvalue weighted by molar-refractivity contribution is 6.56. The highest BCUT2D eigenvalue weighted by atomic mass is 35.5. The Kier molecular flexibility index (Phi) is 5.33. The monoisotopic (exact) mass is 351 g/mol. The van der Waals surface area contributed by atoms with Crippen LogP contribution in [0.25, 0.3) is 6.08 Å². The molecular weight excluding hydrogens is 328 g/mol. The van der Waals surface area contributed by atoms with Crippen LogP contribution in [0, 0.1) is 0 Å². The molecule has 1 aliphatic heterocycles. The van der Waals surface area contributed by atoms with Gasteiger partial charge in [0.05, 0.1) is 16.2 Å². The fourth-order valence-corrected chi connectivity index (χ4v) is 2.37. The van der Waals surface area contributed by atoms with Crippen LogP contribution in [0.5, 0.6) is 5.75 Å². The first-order valence-electron chi connectivity index (χ1n) is 7.81. The maximum absolute atomic E-state index is 11.3. The Labute approximate surface area is 148 Å². The van der Waals surface area contributed by atoms with Crippen molar-refractivity contribution in [3.8, 4) is 5.75 Å². The molecule has 130 valence electrons. The van der Waals surface area contributed by atoms with Gasteiger partial charge in [0.15, 0.2) is 0 Å². The fourth-order valence-electron chi connectivity index (χ4n) is 2.26. The fraction of sp³-hybridized carbons (Fsp3) is 0.471. The molecule has 24 heavy (non-hydrogen) atoms. The minimum Gasteiger partial charge on any atom is -0.506 e. The van der Waals surface area contributed by atoms with Crippen molar-refractivity contribution in [3.05, 3.63) is 34.3 Å². The highest BCUT2D eigenvalue weighted by Crippen LogP contribution is 2.39. The third-order valence-corrected chi connectivity index (χ3v) is 4.74. The summed E-state index contributed by atoms with van der Waals surface area (Å²) < 4.78 is 12.1. The Balaban J connectivity index is 2.33. The van der Waals surface area contributed by atoms with E-state index in [1.165, 1.54) is 6.92 Å². The summed E-state index contributed by atoms with van der Waals surface area (Å²) in [5.74, 6) is -0.144. The SMILES string of the molecule is CC(=O)NCC(=Cc1ccc(Cl)c(O)c1)B1OC(C)(C)C(C)(C)O1. The zero-order valence-corrected chi connectivity index (χ0v) is 15.4. The highest BCUT2D eigenvalue weighted by Gasteiger charge is 2.52. The molecule has 0 bridgehead atoms. The van der Waals surface area contributed by atoms with Crippen LogP contribution < -0.4 is 5.32 Å². The molecular formula is C17H23BClNO4. The number of carbonyl (C=O) groups is 1. The first kappa shape index (κ1) is 18.8. The van der Waals surface area contributed by atoms with Gasteiger partial charge >= 0.3 is 7.12 Å². The van der Waals surface area contributed by atoms with Crippen molar-refractivity contribution >= 4 is 30.7 Å². The van der Waals surface area contributed by atoms with Gasteiger partial charge < -0.3 is 19.7 Å². The number of amides is 1. The molecule has 0 atom stereocenters. The number of phenols is 1. The van der Waals surface area contributed by atoms with Gasteiger partial charge in [0.2, 0.25) is 5.91 Å². The van der Waals surface area contributed by atoms with E-state index in [2.05, 4.69) is 5.32 Å². The van der Waals surface area contributed by atoms with Gasteiger partial charge in [0.1, 0.15) is 5.75 Å². The molecule has 0 aromatic heterocycles. The summed E-state index contributed by atoms with van der Waals surface area (Å²) in [4.78, 5) is 11.3. The number of hydrogen-bond acceptors (Lipinski definition) is 4. The van der Waals surface area contributed by atoms with E-state index in [0.717, 1.165) is 11.0 Å². The van der Waals surface area contributed by atoms with Crippen molar-refractivity contribution in [3.63, 3.8) is 0 Å². The smallest absolute Gasteiger partial charge is 0.492 e. The standard InChI is InChI=1S/C17H23BClNO4/c1-11(21)20-10-13(8-12-6-7-14(19)15(22)9-12)18-23-16(2,3)17(4,5)24-18/h6-9,22H,10H2,1-5H3,(H,20,21). The summed E-state index contributed by atoms with van der Waals surface area (Å²) in [6, 6.07) is 4.95. The van der Waals surface area contributed by atoms with Crippen molar-refractivity contribution in [2.24, 2.45) is 0 Å². The molecule has 0 unspecified atom stereocenters. The Morgan fingerprint density at radius 2 is 1.88 bits per heavy atom. The zero-order chi connectivity index (χ0) is 18.1. The lowest BCUT2D eigenvalue weighted by molar-refractivity contribution is -0.118. The van der Waals surface area contributed by atoms with Crippen LogP contribution in [-0.2, 0) is 14.1 Å². The largest absolute Gasteiger partial charge is 0.506 e. The molecule has 0 aliphatic carbocycles.